The van der Waals surface area contributed by atoms with Crippen molar-refractivity contribution in [3.8, 4) is 22.3 Å². The van der Waals surface area contributed by atoms with Crippen LogP contribution in [0.4, 0.5) is 0 Å². The molecule has 2 fully saturated rings. The van der Waals surface area contributed by atoms with Gasteiger partial charge in [-0.05, 0) is 66.2 Å². The summed E-state index contributed by atoms with van der Waals surface area (Å²) < 4.78 is 0. The Bertz CT molecular complexity index is 2050. The molecule has 0 spiro atoms. The number of hydrogen-bond donors (Lipinski definition) is 0. The standard InChI is InChI=1S/C24H27.C23H25.C2H6Si.2ClH.Zr/c1-3-18-15-23-17(2)9-14-22(24(23)16-18)21-12-10-20(11-13-21)19-7-5-4-6-8-19;1-16-14-22-17(2)8-13-21(23(22)15-16)20-11-9-19(10-12-20)18-6-4-3-5-7-18;1-3-2;;;/h9-16,19H,3-8H2,1-2H3;8-15,18H,3-7H2,1-2H3;1-2H3;2*1H;/q2*-1;;;;+2/p-2. The third-order valence-corrected chi connectivity index (χ3v) is 11.4. The zero-order chi connectivity index (χ0) is 35.9. The molecule has 6 aromatic rings. The van der Waals surface area contributed by atoms with Gasteiger partial charge >= 0.3 is 41.9 Å². The van der Waals surface area contributed by atoms with Crippen LogP contribution in [-0.4, -0.2) is 5.43 Å². The first kappa shape index (κ1) is 43.5. The SMILES string of the molecule is CCc1cc2c(-c3ccc(C4CCCCC4)cc3)ccc(C)c2[cH-]1.C[Si](C)=[Zr+2].Cc1cc2c(-c3ccc(C4CCCCC4)cc3)ccc(C)c2[cH-]1.[Cl-].[Cl-]. The maximum absolute atomic E-state index is 2.38. The molecule has 0 bridgehead atoms. The van der Waals surface area contributed by atoms with E-state index in [2.05, 4.69) is 138 Å². The summed E-state index contributed by atoms with van der Waals surface area (Å²) in [5.74, 6) is 1.58. The van der Waals surface area contributed by atoms with Gasteiger partial charge in [-0.2, -0.15) is 12.1 Å². The van der Waals surface area contributed by atoms with E-state index < -0.39 is 0 Å². The Morgan fingerprint density at radius 3 is 1.38 bits per heavy atom. The first-order chi connectivity index (χ1) is 24.7. The van der Waals surface area contributed by atoms with Crippen LogP contribution < -0.4 is 24.8 Å². The molecule has 2 aliphatic rings. The topological polar surface area (TPSA) is 0 Å². The molecule has 0 unspecified atom stereocenters. The van der Waals surface area contributed by atoms with Crippen LogP contribution >= 0.6 is 0 Å². The Morgan fingerprint density at radius 2 is 0.962 bits per heavy atom. The molecule has 0 amide bonds. The minimum absolute atomic E-state index is 0. The fourth-order valence-electron chi connectivity index (χ4n) is 8.54. The van der Waals surface area contributed by atoms with E-state index in [-0.39, 0.29) is 30.2 Å². The van der Waals surface area contributed by atoms with Crippen LogP contribution in [0.1, 0.15) is 116 Å². The predicted molar refractivity (Wildman–Crippen MR) is 223 cm³/mol. The molecule has 0 atom stereocenters. The van der Waals surface area contributed by atoms with Crippen LogP contribution in [0.2, 0.25) is 13.1 Å². The van der Waals surface area contributed by atoms with Crippen LogP contribution in [0.25, 0.3) is 43.8 Å². The van der Waals surface area contributed by atoms with Crippen molar-refractivity contribution in [2.75, 3.05) is 0 Å². The average molecular weight is 837 g/mol. The molecule has 0 aromatic heterocycles. The van der Waals surface area contributed by atoms with E-state index in [1.807, 2.05) is 0 Å². The van der Waals surface area contributed by atoms with Gasteiger partial charge in [-0.1, -0.05) is 138 Å². The van der Waals surface area contributed by atoms with Crippen LogP contribution in [0, 0.1) is 20.8 Å². The Morgan fingerprint density at radius 1 is 0.566 bits per heavy atom. The van der Waals surface area contributed by atoms with Gasteiger partial charge < -0.3 is 24.8 Å². The minimum atomic E-state index is 0. The summed E-state index contributed by atoms with van der Waals surface area (Å²) >= 11 is 1.74. The van der Waals surface area contributed by atoms with Gasteiger partial charge in [-0.15, -0.1) is 68.1 Å². The third kappa shape index (κ3) is 11.0. The summed E-state index contributed by atoms with van der Waals surface area (Å²) in [4.78, 5) is 0. The van der Waals surface area contributed by atoms with Gasteiger partial charge in [-0.3, -0.25) is 0 Å². The molecule has 6 aromatic carbocycles. The fraction of sp³-hybridized carbons (Fsp3) is 0.388. The first-order valence-electron chi connectivity index (χ1n) is 19.8. The Kier molecular flexibility index (Phi) is 16.9. The van der Waals surface area contributed by atoms with Crippen LogP contribution in [0.15, 0.2) is 97.1 Å². The molecule has 8 rings (SSSR count). The molecule has 0 saturated heterocycles. The Labute approximate surface area is 348 Å². The second kappa shape index (κ2) is 20.6. The van der Waals surface area contributed by atoms with E-state index in [9.17, 15) is 0 Å². The summed E-state index contributed by atoms with van der Waals surface area (Å²) in [5, 5.41) is 5.63. The molecule has 0 nitrogen and oxygen atoms in total. The van der Waals surface area contributed by atoms with Gasteiger partial charge in [-0.25, -0.2) is 0 Å². The number of hydrogen-bond acceptors (Lipinski definition) is 0. The number of rotatable bonds is 5. The van der Waals surface area contributed by atoms with Crippen LogP contribution in [0.3, 0.4) is 0 Å². The Hall–Kier alpha value is -2.22. The maximum atomic E-state index is 2.38. The summed E-state index contributed by atoms with van der Waals surface area (Å²) in [5.41, 5.74) is 14.3. The molecule has 0 radical (unpaired) electrons. The zero-order valence-electron chi connectivity index (χ0n) is 32.9. The molecular weight excluding hydrogens is 779 g/mol. The molecule has 2 saturated carbocycles. The van der Waals surface area contributed by atoms with Gasteiger partial charge in [0.15, 0.2) is 0 Å². The van der Waals surface area contributed by atoms with Crippen molar-refractivity contribution < 1.29 is 48.1 Å². The third-order valence-electron chi connectivity index (χ3n) is 11.4. The maximum Gasteiger partial charge on any atom is -0.0162 e. The summed E-state index contributed by atoms with van der Waals surface area (Å²) in [6.45, 7) is 13.5. The molecule has 0 heterocycles. The van der Waals surface area contributed by atoms with Crippen molar-refractivity contribution in [2.24, 2.45) is 0 Å². The molecule has 2 aliphatic carbocycles. The van der Waals surface area contributed by atoms with Crippen molar-refractivity contribution >= 4 is 27.0 Å². The van der Waals surface area contributed by atoms with Crippen LogP contribution in [-0.2, 0) is 29.8 Å². The van der Waals surface area contributed by atoms with Crippen molar-refractivity contribution in [3.63, 3.8) is 0 Å². The van der Waals surface area contributed by atoms with Gasteiger partial charge in [0.05, 0.1) is 0 Å². The zero-order valence-corrected chi connectivity index (χ0v) is 37.9. The predicted octanol–water partition coefficient (Wildman–Crippen LogP) is 8.83. The molecule has 0 N–H and O–H groups in total. The van der Waals surface area contributed by atoms with Gasteiger partial charge in [0, 0.05) is 0 Å². The second-order valence-corrected chi connectivity index (χ2v) is 25.1. The van der Waals surface area contributed by atoms with E-state index in [1.165, 1.54) is 136 Å². The van der Waals surface area contributed by atoms with Crippen molar-refractivity contribution in [1.82, 2.24) is 0 Å². The van der Waals surface area contributed by atoms with Crippen molar-refractivity contribution in [2.45, 2.75) is 123 Å². The molecular formula is C49H58Cl2SiZr-2. The summed E-state index contributed by atoms with van der Waals surface area (Å²) in [6, 6.07) is 37.3. The molecule has 0 aliphatic heterocycles. The number of fused-ring (bicyclic) bond motifs is 2. The second-order valence-electron chi connectivity index (χ2n) is 15.7. The first-order valence-corrected chi connectivity index (χ1v) is 26.0. The molecule has 53 heavy (non-hydrogen) atoms. The summed E-state index contributed by atoms with van der Waals surface area (Å²) in [6.07, 6.45) is 15.0. The normalized spacial score (nSPS) is 14.7. The Balaban J connectivity index is 0.000000208. The van der Waals surface area contributed by atoms with Gasteiger partial charge in [0.25, 0.3) is 0 Å². The largest absolute Gasteiger partial charge is 1.00 e. The van der Waals surface area contributed by atoms with Gasteiger partial charge in [0.1, 0.15) is 0 Å². The van der Waals surface area contributed by atoms with Crippen LogP contribution in [0.5, 0.6) is 0 Å². The smallest absolute Gasteiger partial charge is 0.0162 e. The van der Waals surface area contributed by atoms with E-state index in [0.29, 0.717) is 0 Å². The molecule has 4 heteroatoms. The monoisotopic (exact) mass is 834 g/mol. The van der Waals surface area contributed by atoms with E-state index >= 15 is 0 Å². The fourth-order valence-corrected chi connectivity index (χ4v) is 8.54. The molecule has 278 valence electrons. The van der Waals surface area contributed by atoms with Gasteiger partial charge in [0.2, 0.25) is 0 Å². The van der Waals surface area contributed by atoms with Crippen molar-refractivity contribution in [3.05, 3.63) is 130 Å². The van der Waals surface area contributed by atoms with E-state index in [1.54, 1.807) is 28.9 Å². The number of aryl methyl sites for hydroxylation is 4. The number of halogens is 2. The average Bonchev–Trinajstić information content (AvgIpc) is 3.78. The van der Waals surface area contributed by atoms with Crippen molar-refractivity contribution in [1.29, 1.82) is 0 Å². The number of benzene rings is 4. The summed E-state index contributed by atoms with van der Waals surface area (Å²) in [7, 11) is 0. The minimum Gasteiger partial charge on any atom is -1.00 e. The van der Waals surface area contributed by atoms with E-state index in [0.717, 1.165) is 18.3 Å². The van der Waals surface area contributed by atoms with E-state index in [4.69, 9.17) is 0 Å². The quantitative estimate of drug-likeness (QED) is 0.120.